The van der Waals surface area contributed by atoms with Gasteiger partial charge in [-0.1, -0.05) is 6.92 Å². The van der Waals surface area contributed by atoms with Gasteiger partial charge in [-0.25, -0.2) is 0 Å². The number of carbonyl (C=O) groups excluding carboxylic acids is 2. The van der Waals surface area contributed by atoms with Gasteiger partial charge in [0.1, 0.15) is 0 Å². The van der Waals surface area contributed by atoms with Gasteiger partial charge in [0, 0.05) is 17.8 Å². The molecule has 1 aromatic carbocycles. The van der Waals surface area contributed by atoms with Gasteiger partial charge in [0.25, 0.3) is 0 Å². The Morgan fingerprint density at radius 3 is 2.05 bits per heavy atom. The second-order valence-corrected chi connectivity index (χ2v) is 5.10. The third-order valence-electron chi connectivity index (χ3n) is 3.19. The van der Waals surface area contributed by atoms with E-state index >= 15 is 0 Å². The van der Waals surface area contributed by atoms with Crippen molar-refractivity contribution < 1.29 is 9.59 Å². The molecule has 0 radical (unpaired) electrons. The van der Waals surface area contributed by atoms with Gasteiger partial charge in [-0.05, 0) is 49.6 Å². The summed E-state index contributed by atoms with van der Waals surface area (Å²) in [6.07, 6.45) is 3.00. The smallest absolute Gasteiger partial charge is 0.238 e. The van der Waals surface area contributed by atoms with Crippen molar-refractivity contribution in [3.05, 3.63) is 24.3 Å². The van der Waals surface area contributed by atoms with Crippen LogP contribution in [0.3, 0.4) is 0 Å². The summed E-state index contributed by atoms with van der Waals surface area (Å²) >= 11 is 0. The maximum atomic E-state index is 11.7. The molecule has 2 amide bonds. The number of benzene rings is 1. The van der Waals surface area contributed by atoms with E-state index in [9.17, 15) is 9.59 Å². The molecule has 0 atom stereocenters. The predicted octanol–water partition coefficient (Wildman–Crippen LogP) is 2.40. The number of hydrogen-bond donors (Lipinski definition) is 3. The van der Waals surface area contributed by atoms with E-state index in [1.54, 1.807) is 31.2 Å². The van der Waals surface area contributed by atoms with Gasteiger partial charge >= 0.3 is 0 Å². The van der Waals surface area contributed by atoms with E-state index in [-0.39, 0.29) is 24.2 Å². The highest BCUT2D eigenvalue weighted by molar-refractivity contribution is 5.93. The maximum absolute atomic E-state index is 11.7. The van der Waals surface area contributed by atoms with Crippen LogP contribution in [0.2, 0.25) is 0 Å². The zero-order valence-electron chi connectivity index (χ0n) is 12.1. The lowest BCUT2D eigenvalue weighted by molar-refractivity contribution is -0.116. The lowest BCUT2D eigenvalue weighted by Crippen LogP contribution is -2.29. The van der Waals surface area contributed by atoms with E-state index in [1.807, 2.05) is 0 Å². The normalized spacial score (nSPS) is 13.2. The molecule has 21 heavy (non-hydrogen) atoms. The average molecular weight is 312 g/mol. The molecule has 0 aliphatic heterocycles. The molecule has 1 fully saturated rings. The first-order chi connectivity index (χ1) is 9.67. The van der Waals surface area contributed by atoms with Crippen LogP contribution in [0.5, 0.6) is 0 Å². The molecule has 5 nitrogen and oxygen atoms in total. The van der Waals surface area contributed by atoms with E-state index in [2.05, 4.69) is 16.0 Å². The Balaban J connectivity index is 0.00000220. The SMILES string of the molecule is CCC(=O)Nc1ccc(NC(=O)CNCC2CC2)cc1.Cl. The van der Waals surface area contributed by atoms with Crippen molar-refractivity contribution in [3.8, 4) is 0 Å². The van der Waals surface area contributed by atoms with E-state index in [0.29, 0.717) is 13.0 Å². The Hall–Kier alpha value is -1.59. The van der Waals surface area contributed by atoms with Crippen LogP contribution < -0.4 is 16.0 Å². The molecular weight excluding hydrogens is 290 g/mol. The minimum atomic E-state index is -0.0454. The number of nitrogens with one attached hydrogen (secondary N) is 3. The van der Waals surface area contributed by atoms with Gasteiger partial charge in [0.05, 0.1) is 6.54 Å². The lowest BCUT2D eigenvalue weighted by Gasteiger charge is -2.08. The number of anilines is 2. The van der Waals surface area contributed by atoms with Crippen molar-refractivity contribution >= 4 is 35.6 Å². The molecule has 0 saturated heterocycles. The van der Waals surface area contributed by atoms with Crippen LogP contribution in [-0.4, -0.2) is 24.9 Å². The summed E-state index contributed by atoms with van der Waals surface area (Å²) in [5.74, 6) is 0.700. The number of hydrogen-bond acceptors (Lipinski definition) is 3. The summed E-state index contributed by atoms with van der Waals surface area (Å²) in [5, 5.41) is 8.72. The summed E-state index contributed by atoms with van der Waals surface area (Å²) in [4.78, 5) is 22.9. The third-order valence-corrected chi connectivity index (χ3v) is 3.19. The first-order valence-corrected chi connectivity index (χ1v) is 7.08. The molecule has 0 aromatic heterocycles. The first-order valence-electron chi connectivity index (χ1n) is 7.08. The van der Waals surface area contributed by atoms with Crippen molar-refractivity contribution in [2.45, 2.75) is 26.2 Å². The zero-order valence-corrected chi connectivity index (χ0v) is 13.0. The largest absolute Gasteiger partial charge is 0.326 e. The third kappa shape index (κ3) is 6.60. The minimum Gasteiger partial charge on any atom is -0.326 e. The molecule has 2 rings (SSSR count). The topological polar surface area (TPSA) is 70.2 Å². The predicted molar refractivity (Wildman–Crippen MR) is 86.8 cm³/mol. The fourth-order valence-corrected chi connectivity index (χ4v) is 1.80. The summed E-state index contributed by atoms with van der Waals surface area (Å²) in [6.45, 7) is 3.07. The highest BCUT2D eigenvalue weighted by Gasteiger charge is 2.20. The molecule has 3 N–H and O–H groups in total. The van der Waals surface area contributed by atoms with Crippen LogP contribution in [0.25, 0.3) is 0 Å². The summed E-state index contributed by atoms with van der Waals surface area (Å²) in [5.41, 5.74) is 1.47. The van der Waals surface area contributed by atoms with Gasteiger partial charge in [0.15, 0.2) is 0 Å². The number of rotatable bonds is 7. The molecule has 1 aliphatic rings. The summed E-state index contributed by atoms with van der Waals surface area (Å²) < 4.78 is 0. The second kappa shape index (κ2) is 8.64. The summed E-state index contributed by atoms with van der Waals surface area (Å²) in [6, 6.07) is 7.12. The Morgan fingerprint density at radius 1 is 1.05 bits per heavy atom. The minimum absolute atomic E-state index is 0. The molecule has 1 saturated carbocycles. The van der Waals surface area contributed by atoms with Gasteiger partial charge in [-0.15, -0.1) is 12.4 Å². The second-order valence-electron chi connectivity index (χ2n) is 5.10. The molecule has 0 spiro atoms. The van der Waals surface area contributed by atoms with Crippen LogP contribution in [-0.2, 0) is 9.59 Å². The molecular formula is C15H22ClN3O2. The Kier molecular flexibility index (Phi) is 7.19. The van der Waals surface area contributed by atoms with Crippen molar-refractivity contribution in [1.29, 1.82) is 0 Å². The van der Waals surface area contributed by atoms with E-state index in [0.717, 1.165) is 23.8 Å². The molecule has 116 valence electrons. The van der Waals surface area contributed by atoms with Gasteiger partial charge in [-0.2, -0.15) is 0 Å². The Labute approximate surface area is 131 Å². The maximum Gasteiger partial charge on any atom is 0.238 e. The average Bonchev–Trinajstić information content (AvgIpc) is 3.25. The van der Waals surface area contributed by atoms with E-state index in [4.69, 9.17) is 0 Å². The zero-order chi connectivity index (χ0) is 14.4. The number of halogens is 1. The van der Waals surface area contributed by atoms with Crippen molar-refractivity contribution in [2.24, 2.45) is 5.92 Å². The summed E-state index contributed by atoms with van der Waals surface area (Å²) in [7, 11) is 0. The monoisotopic (exact) mass is 311 g/mol. The fraction of sp³-hybridized carbons (Fsp3) is 0.467. The van der Waals surface area contributed by atoms with Crippen molar-refractivity contribution in [1.82, 2.24) is 5.32 Å². The Bertz CT molecular complexity index is 472. The van der Waals surface area contributed by atoms with Crippen LogP contribution in [0.1, 0.15) is 26.2 Å². The molecule has 0 heterocycles. The van der Waals surface area contributed by atoms with Gasteiger partial charge in [0.2, 0.25) is 11.8 Å². The fourth-order valence-electron chi connectivity index (χ4n) is 1.80. The van der Waals surface area contributed by atoms with Crippen LogP contribution in [0, 0.1) is 5.92 Å². The Morgan fingerprint density at radius 2 is 1.57 bits per heavy atom. The van der Waals surface area contributed by atoms with Crippen LogP contribution in [0.15, 0.2) is 24.3 Å². The first kappa shape index (κ1) is 17.5. The number of carbonyl (C=O) groups is 2. The van der Waals surface area contributed by atoms with Crippen LogP contribution in [0.4, 0.5) is 11.4 Å². The molecule has 6 heteroatoms. The highest BCUT2D eigenvalue weighted by Crippen LogP contribution is 2.27. The molecule has 1 aliphatic carbocycles. The van der Waals surface area contributed by atoms with E-state index < -0.39 is 0 Å². The molecule has 0 unspecified atom stereocenters. The lowest BCUT2D eigenvalue weighted by atomic mass is 10.2. The molecule has 0 bridgehead atoms. The standard InChI is InChI=1S/C15H21N3O2.ClH/c1-2-14(19)17-12-5-7-13(8-6-12)18-15(20)10-16-9-11-3-4-11;/h5-8,11,16H,2-4,9-10H2,1H3,(H,17,19)(H,18,20);1H. The van der Waals surface area contributed by atoms with E-state index in [1.165, 1.54) is 12.8 Å². The van der Waals surface area contributed by atoms with Gasteiger partial charge < -0.3 is 16.0 Å². The quantitative estimate of drug-likeness (QED) is 0.724. The van der Waals surface area contributed by atoms with Crippen molar-refractivity contribution in [2.75, 3.05) is 23.7 Å². The number of amides is 2. The molecule has 1 aromatic rings. The highest BCUT2D eigenvalue weighted by atomic mass is 35.5. The van der Waals surface area contributed by atoms with Crippen molar-refractivity contribution in [3.63, 3.8) is 0 Å². The van der Waals surface area contributed by atoms with Crippen LogP contribution >= 0.6 is 12.4 Å². The van der Waals surface area contributed by atoms with Gasteiger partial charge in [-0.3, -0.25) is 9.59 Å².